The molecule has 0 spiro atoms. The highest BCUT2D eigenvalue weighted by Crippen LogP contribution is 2.31. The summed E-state index contributed by atoms with van der Waals surface area (Å²) in [5.74, 6) is -2.31. The van der Waals surface area contributed by atoms with Crippen molar-refractivity contribution in [2.24, 2.45) is 0 Å². The molecule has 16 heteroatoms. The van der Waals surface area contributed by atoms with E-state index in [1.807, 2.05) is 24.3 Å². The number of aromatic carboxylic acids is 1. The molecule has 3 aromatic carbocycles. The maximum absolute atomic E-state index is 13.0. The predicted octanol–water partition coefficient (Wildman–Crippen LogP) is 4.00. The van der Waals surface area contributed by atoms with E-state index in [-0.39, 0.29) is 46.2 Å². The van der Waals surface area contributed by atoms with E-state index in [1.165, 1.54) is 6.07 Å². The first kappa shape index (κ1) is 40.1. The number of aromatic hydroxyl groups is 1. The second-order valence-corrected chi connectivity index (χ2v) is 13.9. The van der Waals surface area contributed by atoms with Gasteiger partial charge >= 0.3 is 5.97 Å². The molecule has 3 N–H and O–H groups in total. The number of halogens is 1. The van der Waals surface area contributed by atoms with Gasteiger partial charge in [-0.25, -0.2) is 4.79 Å². The number of carbonyl (C=O) groups excluding carboxylic acids is 1. The van der Waals surface area contributed by atoms with Crippen LogP contribution >= 0.6 is 12.4 Å². The molecular formula is C40H45ClN6O9. The number of benzene rings is 3. The van der Waals surface area contributed by atoms with Gasteiger partial charge in [0.25, 0.3) is 5.91 Å². The average molecular weight is 789 g/mol. The SMILES string of the molecule is CN1CCN(c2cccc3c(=O)cc(C(=O)Nc4ccc(N5CCOCC5)cc4O)oc23)CC1.CN1CCN(c2cccc3c(=O)cc(C(=O)O)oc23)CC1.Cl. The molecule has 3 aliphatic heterocycles. The van der Waals surface area contributed by atoms with Gasteiger partial charge in [0.1, 0.15) is 5.75 Å². The normalized spacial score (nSPS) is 16.6. The van der Waals surface area contributed by atoms with Crippen molar-refractivity contribution in [2.75, 3.05) is 113 Å². The fourth-order valence-electron chi connectivity index (χ4n) is 6.96. The molecule has 3 fully saturated rings. The lowest BCUT2D eigenvalue weighted by molar-refractivity contribution is 0.0663. The van der Waals surface area contributed by atoms with Gasteiger partial charge in [-0.1, -0.05) is 12.1 Å². The minimum atomic E-state index is -1.23. The number of carboxylic acid groups (broad SMARTS) is 1. The van der Waals surface area contributed by atoms with E-state index in [0.29, 0.717) is 35.2 Å². The summed E-state index contributed by atoms with van der Waals surface area (Å²) < 4.78 is 16.8. The Hall–Kier alpha value is -5.61. The zero-order valence-corrected chi connectivity index (χ0v) is 32.0. The third-order valence-electron chi connectivity index (χ3n) is 10.2. The number of morpholine rings is 1. The quantitative estimate of drug-likeness (QED) is 0.211. The van der Waals surface area contributed by atoms with E-state index in [1.54, 1.807) is 30.3 Å². The Balaban J connectivity index is 0.000000208. The van der Waals surface area contributed by atoms with E-state index in [0.717, 1.165) is 88.6 Å². The first-order valence-electron chi connectivity index (χ1n) is 18.3. The van der Waals surface area contributed by atoms with Gasteiger partial charge in [-0.2, -0.15) is 0 Å². The fraction of sp³-hybridized carbons (Fsp3) is 0.350. The Kier molecular flexibility index (Phi) is 12.5. The van der Waals surface area contributed by atoms with Crippen molar-refractivity contribution >= 4 is 69.0 Å². The lowest BCUT2D eigenvalue weighted by atomic mass is 10.1. The minimum absolute atomic E-state index is 0. The topological polar surface area (TPSA) is 172 Å². The number of nitrogens with zero attached hydrogens (tertiary/aromatic N) is 5. The minimum Gasteiger partial charge on any atom is -0.506 e. The van der Waals surface area contributed by atoms with Gasteiger partial charge < -0.3 is 53.6 Å². The molecular weight excluding hydrogens is 744 g/mol. The molecule has 0 bridgehead atoms. The second-order valence-electron chi connectivity index (χ2n) is 13.9. The molecule has 1 amide bonds. The largest absolute Gasteiger partial charge is 0.506 e. The number of carboxylic acids is 1. The smallest absolute Gasteiger partial charge is 0.371 e. The first-order valence-corrected chi connectivity index (χ1v) is 18.3. The fourth-order valence-corrected chi connectivity index (χ4v) is 6.96. The van der Waals surface area contributed by atoms with Crippen LogP contribution in [0.15, 0.2) is 85.2 Å². The van der Waals surface area contributed by atoms with Gasteiger partial charge in [0.15, 0.2) is 27.8 Å². The number of para-hydroxylation sites is 2. The third kappa shape index (κ3) is 8.76. The molecule has 15 nitrogen and oxygen atoms in total. The Morgan fingerprint density at radius 1 is 0.643 bits per heavy atom. The van der Waals surface area contributed by atoms with Gasteiger partial charge in [-0.15, -0.1) is 12.4 Å². The molecule has 5 aromatic rings. The zero-order chi connectivity index (χ0) is 38.6. The number of anilines is 4. The van der Waals surface area contributed by atoms with Crippen LogP contribution in [0.3, 0.4) is 0 Å². The van der Waals surface area contributed by atoms with Crippen LogP contribution in [-0.2, 0) is 4.74 Å². The van der Waals surface area contributed by atoms with E-state index >= 15 is 0 Å². The van der Waals surface area contributed by atoms with Crippen LogP contribution in [0.4, 0.5) is 22.7 Å². The summed E-state index contributed by atoms with van der Waals surface area (Å²) in [7, 11) is 4.13. The van der Waals surface area contributed by atoms with Crippen LogP contribution in [-0.4, -0.2) is 125 Å². The van der Waals surface area contributed by atoms with E-state index < -0.39 is 11.9 Å². The Bertz CT molecular complexity index is 2330. The highest BCUT2D eigenvalue weighted by molar-refractivity contribution is 6.04. The highest BCUT2D eigenvalue weighted by atomic mass is 35.5. The van der Waals surface area contributed by atoms with Crippen molar-refractivity contribution in [1.82, 2.24) is 9.80 Å². The molecule has 3 aliphatic rings. The van der Waals surface area contributed by atoms with E-state index in [2.05, 4.69) is 43.9 Å². The maximum Gasteiger partial charge on any atom is 0.371 e. The van der Waals surface area contributed by atoms with Crippen molar-refractivity contribution in [3.8, 4) is 5.75 Å². The third-order valence-corrected chi connectivity index (χ3v) is 10.2. The summed E-state index contributed by atoms with van der Waals surface area (Å²) >= 11 is 0. The number of phenolic OH excluding ortho intramolecular Hbond substituents is 1. The van der Waals surface area contributed by atoms with Gasteiger partial charge in [0.2, 0.25) is 5.76 Å². The standard InChI is InChI=1S/C25H28N4O5.C15H16N2O4.ClH/c1-27-7-9-29(10-8-27)20-4-2-3-18-21(30)16-23(34-24(18)20)25(32)26-19-6-5-17(15-22(19)31)28-11-13-33-14-12-28;1-16-5-7-17(8-6-16)11-4-2-3-10-12(18)9-13(15(19)20)21-14(10)11;/h2-6,15-16,31H,7-14H2,1H3,(H,26,32);2-4,9H,5-8H2,1H3,(H,19,20);1H. The maximum atomic E-state index is 13.0. The van der Waals surface area contributed by atoms with Crippen molar-refractivity contribution in [3.63, 3.8) is 0 Å². The van der Waals surface area contributed by atoms with Crippen LogP contribution in [0.5, 0.6) is 5.75 Å². The molecule has 2 aromatic heterocycles. The molecule has 5 heterocycles. The molecule has 56 heavy (non-hydrogen) atoms. The molecule has 0 atom stereocenters. The highest BCUT2D eigenvalue weighted by Gasteiger charge is 2.23. The number of nitrogens with one attached hydrogen (secondary N) is 1. The summed E-state index contributed by atoms with van der Waals surface area (Å²) in [4.78, 5) is 59.8. The Labute approximate surface area is 328 Å². The lowest BCUT2D eigenvalue weighted by Crippen LogP contribution is -2.44. The molecule has 3 saturated heterocycles. The van der Waals surface area contributed by atoms with Crippen molar-refractivity contribution < 1.29 is 33.4 Å². The zero-order valence-electron chi connectivity index (χ0n) is 31.2. The van der Waals surface area contributed by atoms with Crippen molar-refractivity contribution in [1.29, 1.82) is 0 Å². The van der Waals surface area contributed by atoms with Crippen LogP contribution in [0, 0.1) is 0 Å². The number of carbonyl (C=O) groups is 2. The molecule has 0 radical (unpaired) electrons. The van der Waals surface area contributed by atoms with Crippen molar-refractivity contribution in [3.05, 3.63) is 98.7 Å². The summed E-state index contributed by atoms with van der Waals surface area (Å²) in [5.41, 5.74) is 2.82. The van der Waals surface area contributed by atoms with Gasteiger partial charge in [-0.3, -0.25) is 14.4 Å². The van der Waals surface area contributed by atoms with Crippen LogP contribution in [0.2, 0.25) is 0 Å². The van der Waals surface area contributed by atoms with Gasteiger partial charge in [0.05, 0.1) is 41.0 Å². The number of ether oxygens (including phenoxy) is 1. The van der Waals surface area contributed by atoms with E-state index in [4.69, 9.17) is 18.7 Å². The number of likely N-dealkylation sites (N-methyl/N-ethyl adjacent to an activating group) is 2. The van der Waals surface area contributed by atoms with E-state index in [9.17, 15) is 24.3 Å². The van der Waals surface area contributed by atoms with Gasteiger partial charge in [-0.05, 0) is 50.5 Å². The Morgan fingerprint density at radius 2 is 1.14 bits per heavy atom. The molecule has 0 unspecified atom stereocenters. The number of hydrogen-bond donors (Lipinski definition) is 3. The number of hydrogen-bond acceptors (Lipinski definition) is 13. The Morgan fingerprint density at radius 3 is 1.64 bits per heavy atom. The number of rotatable bonds is 6. The number of phenols is 1. The average Bonchev–Trinajstić information content (AvgIpc) is 3.19. The van der Waals surface area contributed by atoms with Crippen LogP contribution in [0.25, 0.3) is 21.9 Å². The molecule has 0 saturated carbocycles. The van der Waals surface area contributed by atoms with Gasteiger partial charge in [0, 0.05) is 89.3 Å². The summed E-state index contributed by atoms with van der Waals surface area (Å²) in [6, 6.07) is 18.1. The molecule has 0 aliphatic carbocycles. The lowest BCUT2D eigenvalue weighted by Gasteiger charge is -2.34. The summed E-state index contributed by atoms with van der Waals surface area (Å²) in [6.07, 6.45) is 0. The number of amides is 1. The van der Waals surface area contributed by atoms with Crippen LogP contribution < -0.4 is 30.9 Å². The number of fused-ring (bicyclic) bond motifs is 2. The second kappa shape index (κ2) is 17.5. The van der Waals surface area contributed by atoms with Crippen molar-refractivity contribution in [2.45, 2.75) is 0 Å². The molecule has 8 rings (SSSR count). The summed E-state index contributed by atoms with van der Waals surface area (Å²) in [6.45, 7) is 9.63. The molecule has 296 valence electrons. The number of piperazine rings is 2. The summed E-state index contributed by atoms with van der Waals surface area (Å²) in [5, 5.41) is 23.1. The monoisotopic (exact) mass is 788 g/mol. The first-order chi connectivity index (χ1) is 26.5. The van der Waals surface area contributed by atoms with Crippen LogP contribution in [0.1, 0.15) is 21.1 Å². The predicted molar refractivity (Wildman–Crippen MR) is 218 cm³/mol.